The highest BCUT2D eigenvalue weighted by Crippen LogP contribution is 2.36. The zero-order chi connectivity index (χ0) is 29.5. The number of hydrogen-bond donors (Lipinski definition) is 1. The van der Waals surface area contributed by atoms with Crippen molar-refractivity contribution in [1.29, 1.82) is 5.26 Å². The molecule has 3 heterocycles. The van der Waals surface area contributed by atoms with E-state index in [-0.39, 0.29) is 23.5 Å². The molecule has 9 nitrogen and oxygen atoms in total. The number of thioether (sulfide) groups is 1. The first-order chi connectivity index (χ1) is 19.7. The maximum atomic E-state index is 13.4. The van der Waals surface area contributed by atoms with Gasteiger partial charge in [-0.15, -0.1) is 0 Å². The number of amides is 1. The van der Waals surface area contributed by atoms with Crippen LogP contribution in [-0.4, -0.2) is 68.4 Å². The van der Waals surface area contributed by atoms with E-state index < -0.39 is 5.97 Å². The summed E-state index contributed by atoms with van der Waals surface area (Å²) in [5.41, 5.74) is 2.27. The van der Waals surface area contributed by atoms with Crippen LogP contribution in [0.2, 0.25) is 0 Å². The number of carbonyl (C=O) groups excluding carboxylic acids is 1. The number of benzene rings is 1. The maximum Gasteiger partial charge on any atom is 0.303 e. The molecule has 1 aromatic heterocycles. The van der Waals surface area contributed by atoms with E-state index >= 15 is 0 Å². The van der Waals surface area contributed by atoms with Gasteiger partial charge in [-0.25, -0.2) is 0 Å². The lowest BCUT2D eigenvalue weighted by Crippen LogP contribution is -2.48. The van der Waals surface area contributed by atoms with Crippen LogP contribution in [0.5, 0.6) is 0 Å². The fourth-order valence-corrected chi connectivity index (χ4v) is 6.57. The molecule has 2 fully saturated rings. The first kappa shape index (κ1) is 30.5. The Morgan fingerprint density at radius 3 is 2.46 bits per heavy atom. The summed E-state index contributed by atoms with van der Waals surface area (Å²) in [6.45, 7) is 8.37. The summed E-state index contributed by atoms with van der Waals surface area (Å²) in [6.07, 6.45) is 3.79. The number of carbonyl (C=O) groups is 2. The van der Waals surface area contributed by atoms with Crippen molar-refractivity contribution in [2.75, 3.05) is 37.6 Å². The number of aromatic nitrogens is 1. The minimum Gasteiger partial charge on any atom is -0.481 e. The van der Waals surface area contributed by atoms with E-state index in [0.29, 0.717) is 65.8 Å². The predicted molar refractivity (Wildman–Crippen MR) is 166 cm³/mol. The second kappa shape index (κ2) is 13.9. The fourth-order valence-electron chi connectivity index (χ4n) is 5.28. The van der Waals surface area contributed by atoms with Crippen molar-refractivity contribution in [2.24, 2.45) is 0 Å². The van der Waals surface area contributed by atoms with E-state index in [9.17, 15) is 19.6 Å². The summed E-state index contributed by atoms with van der Waals surface area (Å²) in [7, 11) is 0. The van der Waals surface area contributed by atoms with Crippen LogP contribution in [0, 0.1) is 18.3 Å². The Morgan fingerprint density at radius 1 is 1.12 bits per heavy atom. The number of anilines is 1. The van der Waals surface area contributed by atoms with Crippen molar-refractivity contribution in [1.82, 2.24) is 14.4 Å². The topological polar surface area (TPSA) is 110 Å². The Hall–Kier alpha value is -3.46. The highest BCUT2D eigenvalue weighted by molar-refractivity contribution is 8.26. The van der Waals surface area contributed by atoms with Gasteiger partial charge in [-0.05, 0) is 43.9 Å². The Morgan fingerprint density at radius 2 is 1.83 bits per heavy atom. The van der Waals surface area contributed by atoms with Gasteiger partial charge in [0.25, 0.3) is 11.5 Å². The number of carboxylic acid groups (broad SMARTS) is 1. The minimum absolute atomic E-state index is 0.0819. The average molecular weight is 594 g/mol. The molecule has 0 spiro atoms. The van der Waals surface area contributed by atoms with Gasteiger partial charge in [0.1, 0.15) is 21.8 Å². The van der Waals surface area contributed by atoms with Crippen molar-refractivity contribution in [3.05, 3.63) is 67.8 Å². The molecule has 2 aliphatic rings. The Kier molecular flexibility index (Phi) is 10.4. The molecular weight excluding hydrogens is 558 g/mol. The molecule has 41 heavy (non-hydrogen) atoms. The number of piperazine rings is 1. The molecule has 1 aromatic carbocycles. The van der Waals surface area contributed by atoms with E-state index in [1.807, 2.05) is 25.1 Å². The van der Waals surface area contributed by atoms with Crippen LogP contribution in [0.15, 0.2) is 40.0 Å². The molecule has 2 aliphatic heterocycles. The number of carboxylic acids is 1. The molecule has 0 atom stereocenters. The van der Waals surface area contributed by atoms with Gasteiger partial charge in [-0.2, -0.15) is 5.26 Å². The number of pyridine rings is 1. The van der Waals surface area contributed by atoms with Gasteiger partial charge in [0.2, 0.25) is 0 Å². The third-order valence-corrected chi connectivity index (χ3v) is 8.88. The van der Waals surface area contributed by atoms with Crippen LogP contribution in [0.3, 0.4) is 0 Å². The molecule has 0 saturated carbocycles. The zero-order valence-electron chi connectivity index (χ0n) is 23.5. The molecule has 1 amide bonds. The molecule has 4 rings (SSSR count). The minimum atomic E-state index is -0.826. The number of nitriles is 1. The normalized spacial score (nSPS) is 17.0. The lowest BCUT2D eigenvalue weighted by atomic mass is 10.0. The molecule has 0 bridgehead atoms. The highest BCUT2D eigenvalue weighted by atomic mass is 32.2. The van der Waals surface area contributed by atoms with E-state index in [1.165, 1.54) is 17.3 Å². The Labute approximate surface area is 250 Å². The third kappa shape index (κ3) is 7.07. The largest absolute Gasteiger partial charge is 0.481 e. The van der Waals surface area contributed by atoms with Crippen molar-refractivity contribution < 1.29 is 14.7 Å². The summed E-state index contributed by atoms with van der Waals surface area (Å²) < 4.78 is 2.10. The van der Waals surface area contributed by atoms with E-state index in [4.69, 9.17) is 17.3 Å². The summed E-state index contributed by atoms with van der Waals surface area (Å²) >= 11 is 6.74. The van der Waals surface area contributed by atoms with E-state index in [2.05, 4.69) is 28.0 Å². The standard InChI is InChI=1S/C30H35N5O4S2/c1-3-34-27(33-16-14-32(15-17-33)20-22-10-6-4-7-11-22)23(21(2)24(19-31)28(34)38)18-25-29(39)35(30(40)41-25)13-9-5-8-12-26(36)37/h4,6-7,10-11,18H,3,5,8-9,12-17,20H2,1-2H3,(H,36,37). The van der Waals surface area contributed by atoms with Crippen molar-refractivity contribution in [3.8, 4) is 6.07 Å². The van der Waals surface area contributed by atoms with Crippen molar-refractivity contribution in [3.63, 3.8) is 0 Å². The molecule has 216 valence electrons. The number of rotatable bonds is 11. The molecule has 0 unspecified atom stereocenters. The summed E-state index contributed by atoms with van der Waals surface area (Å²) in [6, 6.07) is 12.4. The smallest absolute Gasteiger partial charge is 0.303 e. The maximum absolute atomic E-state index is 13.4. The molecule has 11 heteroatoms. The van der Waals surface area contributed by atoms with Crippen LogP contribution in [-0.2, 0) is 22.7 Å². The van der Waals surface area contributed by atoms with E-state index in [0.717, 1.165) is 25.5 Å². The second-order valence-corrected chi connectivity index (χ2v) is 11.9. The monoisotopic (exact) mass is 593 g/mol. The van der Waals surface area contributed by atoms with Gasteiger partial charge in [0.15, 0.2) is 0 Å². The van der Waals surface area contributed by atoms with Crippen LogP contribution >= 0.6 is 24.0 Å². The van der Waals surface area contributed by atoms with Gasteiger partial charge < -0.3 is 10.0 Å². The molecule has 0 aliphatic carbocycles. The summed E-state index contributed by atoms with van der Waals surface area (Å²) in [5, 5.41) is 18.7. The second-order valence-electron chi connectivity index (χ2n) is 10.2. The first-order valence-electron chi connectivity index (χ1n) is 13.9. The van der Waals surface area contributed by atoms with Crippen LogP contribution in [0.1, 0.15) is 54.9 Å². The van der Waals surface area contributed by atoms with Crippen LogP contribution < -0.4 is 10.5 Å². The van der Waals surface area contributed by atoms with Crippen molar-refractivity contribution >= 4 is 52.1 Å². The van der Waals surface area contributed by atoms with Gasteiger partial charge in [-0.1, -0.05) is 60.7 Å². The van der Waals surface area contributed by atoms with Gasteiger partial charge in [0.05, 0.1) is 4.91 Å². The number of thiocarbonyl (C=S) groups is 1. The number of nitrogens with zero attached hydrogens (tertiary/aromatic N) is 5. The SMILES string of the molecule is CCn1c(N2CCN(Cc3ccccc3)CC2)c(C=C2SC(=S)N(CCCCCC(=O)O)C2=O)c(C)c(C#N)c1=O. The Balaban J connectivity index is 1.60. The molecule has 2 aromatic rings. The summed E-state index contributed by atoms with van der Waals surface area (Å²) in [5.74, 6) is -0.302. The quantitative estimate of drug-likeness (QED) is 0.233. The third-order valence-electron chi connectivity index (χ3n) is 7.50. The molecular formula is C30H35N5O4S2. The predicted octanol–water partition coefficient (Wildman–Crippen LogP) is 4.22. The fraction of sp³-hybridized carbons (Fsp3) is 0.433. The lowest BCUT2D eigenvalue weighted by Gasteiger charge is -2.38. The van der Waals surface area contributed by atoms with Gasteiger partial charge in [0, 0.05) is 57.8 Å². The Bertz CT molecular complexity index is 1440. The highest BCUT2D eigenvalue weighted by Gasteiger charge is 2.33. The van der Waals surface area contributed by atoms with Gasteiger partial charge in [-0.3, -0.25) is 28.8 Å². The number of unbranched alkanes of at least 4 members (excludes halogenated alkanes) is 2. The molecule has 1 N–H and O–H groups in total. The number of aliphatic carboxylic acids is 1. The van der Waals surface area contributed by atoms with Crippen LogP contribution in [0.25, 0.3) is 6.08 Å². The van der Waals surface area contributed by atoms with E-state index in [1.54, 1.807) is 22.5 Å². The van der Waals surface area contributed by atoms with Gasteiger partial charge >= 0.3 is 5.97 Å². The van der Waals surface area contributed by atoms with Crippen LogP contribution in [0.4, 0.5) is 5.82 Å². The molecule has 2 saturated heterocycles. The average Bonchev–Trinajstić information content (AvgIpc) is 3.22. The zero-order valence-corrected chi connectivity index (χ0v) is 25.1. The summed E-state index contributed by atoms with van der Waals surface area (Å²) in [4.78, 5) is 44.1. The van der Waals surface area contributed by atoms with Crippen molar-refractivity contribution in [2.45, 2.75) is 52.6 Å². The lowest BCUT2D eigenvalue weighted by molar-refractivity contribution is -0.137. The number of hydrogen-bond acceptors (Lipinski definition) is 8. The molecule has 0 radical (unpaired) electrons. The first-order valence-corrected chi connectivity index (χ1v) is 15.1.